The Balaban J connectivity index is 1.65. The molecule has 0 radical (unpaired) electrons. The molecule has 0 spiro atoms. The first-order valence-corrected chi connectivity index (χ1v) is 9.39. The number of nitrogens with zero attached hydrogens (tertiary/aromatic N) is 1. The lowest BCUT2D eigenvalue weighted by Gasteiger charge is -2.11. The van der Waals surface area contributed by atoms with E-state index >= 15 is 0 Å². The van der Waals surface area contributed by atoms with Crippen LogP contribution in [0.4, 0.5) is 11.4 Å². The topological polar surface area (TPSA) is 108 Å². The molecule has 0 saturated heterocycles. The highest BCUT2D eigenvalue weighted by Gasteiger charge is 2.19. The molecular weight excluding hydrogens is 400 g/mol. The fourth-order valence-electron chi connectivity index (χ4n) is 2.98. The maximum atomic E-state index is 12.5. The number of esters is 1. The number of ether oxygens (including phenoxy) is 2. The normalized spacial score (nSPS) is 10.2. The number of nitro benzene ring substituents is 1. The maximum absolute atomic E-state index is 12.5. The third-order valence-electron chi connectivity index (χ3n) is 4.48. The number of nitrogens with one attached hydrogen (secondary N) is 1. The zero-order chi connectivity index (χ0) is 22.2. The lowest BCUT2D eigenvalue weighted by atomic mass is 10.00. The Hall–Kier alpha value is -4.20. The van der Waals surface area contributed by atoms with Gasteiger partial charge in [0.2, 0.25) is 0 Å². The third kappa shape index (κ3) is 5.66. The highest BCUT2D eigenvalue weighted by molar-refractivity contribution is 5.97. The maximum Gasteiger partial charge on any atom is 0.338 e. The van der Waals surface area contributed by atoms with E-state index < -0.39 is 23.4 Å². The van der Waals surface area contributed by atoms with Gasteiger partial charge in [0.15, 0.2) is 6.61 Å². The summed E-state index contributed by atoms with van der Waals surface area (Å²) >= 11 is 0. The van der Waals surface area contributed by atoms with Crippen molar-refractivity contribution in [1.29, 1.82) is 0 Å². The van der Waals surface area contributed by atoms with Crippen molar-refractivity contribution in [2.24, 2.45) is 0 Å². The first kappa shape index (κ1) is 21.5. The monoisotopic (exact) mass is 420 g/mol. The van der Waals surface area contributed by atoms with Crippen molar-refractivity contribution >= 4 is 23.3 Å². The van der Waals surface area contributed by atoms with Gasteiger partial charge < -0.3 is 14.8 Å². The van der Waals surface area contributed by atoms with Gasteiger partial charge in [0.25, 0.3) is 11.6 Å². The minimum absolute atomic E-state index is 0.0173. The lowest BCUT2D eigenvalue weighted by molar-refractivity contribution is -0.384. The largest absolute Gasteiger partial charge is 0.496 e. The average Bonchev–Trinajstić information content (AvgIpc) is 2.78. The summed E-state index contributed by atoms with van der Waals surface area (Å²) in [5, 5.41) is 13.6. The number of carbonyl (C=O) groups is 2. The summed E-state index contributed by atoms with van der Waals surface area (Å²) in [5.74, 6) is -1.06. The standard InChI is InChI=1S/C23H20N2O6/c1-30-18-11-12-20(21(14-18)25(28)29)24-22(26)15-31-23(27)19-10-6-5-9-17(19)13-16-7-3-2-4-8-16/h2-12,14H,13,15H2,1H3,(H,24,26). The molecule has 31 heavy (non-hydrogen) atoms. The summed E-state index contributed by atoms with van der Waals surface area (Å²) in [4.78, 5) is 35.3. The molecule has 0 aromatic heterocycles. The Morgan fingerprint density at radius 3 is 2.42 bits per heavy atom. The van der Waals surface area contributed by atoms with Crippen LogP contribution in [0.2, 0.25) is 0 Å². The molecule has 0 aliphatic carbocycles. The first-order chi connectivity index (χ1) is 15.0. The molecule has 158 valence electrons. The predicted octanol–water partition coefficient (Wildman–Crippen LogP) is 3.99. The number of anilines is 1. The van der Waals surface area contributed by atoms with Gasteiger partial charge in [-0.05, 0) is 35.7 Å². The number of amides is 1. The van der Waals surface area contributed by atoms with Gasteiger partial charge in [-0.1, -0.05) is 48.5 Å². The summed E-state index contributed by atoms with van der Waals surface area (Å²) in [6.07, 6.45) is 0.538. The van der Waals surface area contributed by atoms with Crippen LogP contribution in [0.25, 0.3) is 0 Å². The zero-order valence-corrected chi connectivity index (χ0v) is 16.7. The van der Waals surface area contributed by atoms with E-state index in [-0.39, 0.29) is 17.1 Å². The SMILES string of the molecule is COc1ccc(NC(=O)COC(=O)c2ccccc2Cc2ccccc2)c([N+](=O)[O-])c1. The van der Waals surface area contributed by atoms with Gasteiger partial charge in [-0.15, -0.1) is 0 Å². The van der Waals surface area contributed by atoms with Crippen molar-refractivity contribution in [3.8, 4) is 5.75 Å². The highest BCUT2D eigenvalue weighted by atomic mass is 16.6. The van der Waals surface area contributed by atoms with Gasteiger partial charge in [0, 0.05) is 0 Å². The predicted molar refractivity (Wildman–Crippen MR) is 114 cm³/mol. The molecule has 0 heterocycles. The number of benzene rings is 3. The second-order valence-corrected chi connectivity index (χ2v) is 6.58. The Bertz CT molecular complexity index is 1100. The molecule has 1 amide bonds. The van der Waals surface area contributed by atoms with Crippen molar-refractivity contribution in [2.75, 3.05) is 19.0 Å². The minimum Gasteiger partial charge on any atom is -0.496 e. The highest BCUT2D eigenvalue weighted by Crippen LogP contribution is 2.28. The van der Waals surface area contributed by atoms with E-state index in [1.165, 1.54) is 25.3 Å². The fourth-order valence-corrected chi connectivity index (χ4v) is 2.98. The molecule has 8 heteroatoms. The fraction of sp³-hybridized carbons (Fsp3) is 0.130. The van der Waals surface area contributed by atoms with Gasteiger partial charge in [0.1, 0.15) is 11.4 Å². The van der Waals surface area contributed by atoms with Crippen LogP contribution >= 0.6 is 0 Å². The van der Waals surface area contributed by atoms with Gasteiger partial charge in [0.05, 0.1) is 23.7 Å². The van der Waals surface area contributed by atoms with Crippen LogP contribution in [0.5, 0.6) is 5.75 Å². The molecule has 3 aromatic rings. The number of carbonyl (C=O) groups excluding carboxylic acids is 2. The molecule has 0 fully saturated rings. The summed E-state index contributed by atoms with van der Waals surface area (Å²) in [5.41, 5.74) is 1.82. The summed E-state index contributed by atoms with van der Waals surface area (Å²) in [7, 11) is 1.38. The van der Waals surface area contributed by atoms with Crippen LogP contribution in [-0.2, 0) is 16.0 Å². The van der Waals surface area contributed by atoms with Crippen molar-refractivity contribution in [2.45, 2.75) is 6.42 Å². The van der Waals surface area contributed by atoms with Crippen LogP contribution in [0.3, 0.4) is 0 Å². The second-order valence-electron chi connectivity index (χ2n) is 6.58. The van der Waals surface area contributed by atoms with Crippen molar-refractivity contribution in [3.63, 3.8) is 0 Å². The second kappa shape index (κ2) is 10.0. The van der Waals surface area contributed by atoms with E-state index in [0.29, 0.717) is 12.0 Å². The summed E-state index contributed by atoms with van der Waals surface area (Å²) < 4.78 is 10.1. The number of hydrogen-bond donors (Lipinski definition) is 1. The van der Waals surface area contributed by atoms with E-state index in [4.69, 9.17) is 9.47 Å². The Labute approximate surface area is 178 Å². The van der Waals surface area contributed by atoms with Crippen molar-refractivity contribution in [1.82, 2.24) is 0 Å². The van der Waals surface area contributed by atoms with Crippen LogP contribution in [0, 0.1) is 10.1 Å². The average molecular weight is 420 g/mol. The Kier molecular flexibility index (Phi) is 6.95. The summed E-state index contributed by atoms with van der Waals surface area (Å²) in [6, 6.07) is 20.7. The molecular formula is C23H20N2O6. The number of methoxy groups -OCH3 is 1. The van der Waals surface area contributed by atoms with E-state index in [9.17, 15) is 19.7 Å². The number of nitro groups is 1. The molecule has 0 aliphatic heterocycles. The van der Waals surface area contributed by atoms with Gasteiger partial charge >= 0.3 is 5.97 Å². The number of rotatable bonds is 8. The van der Waals surface area contributed by atoms with Gasteiger partial charge in [-0.3, -0.25) is 14.9 Å². The molecule has 8 nitrogen and oxygen atoms in total. The van der Waals surface area contributed by atoms with E-state index in [0.717, 1.165) is 11.1 Å². The van der Waals surface area contributed by atoms with Crippen molar-refractivity contribution in [3.05, 3.63) is 99.6 Å². The molecule has 0 bridgehead atoms. The van der Waals surface area contributed by atoms with Crippen LogP contribution in [0.1, 0.15) is 21.5 Å². The molecule has 0 saturated carbocycles. The third-order valence-corrected chi connectivity index (χ3v) is 4.48. The molecule has 3 aromatic carbocycles. The van der Waals surface area contributed by atoms with Gasteiger partial charge in [-0.25, -0.2) is 4.79 Å². The van der Waals surface area contributed by atoms with Crippen LogP contribution in [0.15, 0.2) is 72.8 Å². The number of hydrogen-bond acceptors (Lipinski definition) is 6. The molecule has 1 N–H and O–H groups in total. The molecule has 0 aliphatic rings. The lowest BCUT2D eigenvalue weighted by Crippen LogP contribution is -2.22. The Morgan fingerprint density at radius 1 is 1.00 bits per heavy atom. The minimum atomic E-state index is -0.692. The first-order valence-electron chi connectivity index (χ1n) is 9.39. The molecule has 0 unspecified atom stereocenters. The van der Waals surface area contributed by atoms with Crippen molar-refractivity contribution < 1.29 is 24.0 Å². The zero-order valence-electron chi connectivity index (χ0n) is 16.7. The molecule has 0 atom stereocenters. The summed E-state index contributed by atoms with van der Waals surface area (Å²) in [6.45, 7) is -0.582. The Morgan fingerprint density at radius 2 is 1.71 bits per heavy atom. The quantitative estimate of drug-likeness (QED) is 0.335. The van der Waals surface area contributed by atoms with Gasteiger partial charge in [-0.2, -0.15) is 0 Å². The van der Waals surface area contributed by atoms with E-state index in [1.54, 1.807) is 12.1 Å². The smallest absolute Gasteiger partial charge is 0.338 e. The molecule has 3 rings (SSSR count). The van der Waals surface area contributed by atoms with E-state index in [2.05, 4.69) is 5.32 Å². The van der Waals surface area contributed by atoms with Crippen LogP contribution in [-0.4, -0.2) is 30.5 Å². The van der Waals surface area contributed by atoms with Crippen LogP contribution < -0.4 is 10.1 Å². The van der Waals surface area contributed by atoms with E-state index in [1.807, 2.05) is 42.5 Å².